The van der Waals surface area contributed by atoms with Gasteiger partial charge in [0.15, 0.2) is 5.82 Å². The number of carbonyl (C=O) groups is 1. The van der Waals surface area contributed by atoms with Gasteiger partial charge in [0, 0.05) is 30.6 Å². The molecule has 0 radical (unpaired) electrons. The van der Waals surface area contributed by atoms with E-state index >= 15 is 0 Å². The van der Waals surface area contributed by atoms with Crippen LogP contribution in [0.1, 0.15) is 40.2 Å². The van der Waals surface area contributed by atoms with Crippen molar-refractivity contribution in [3.8, 4) is 17.3 Å². The summed E-state index contributed by atoms with van der Waals surface area (Å²) in [4.78, 5) is 32.5. The summed E-state index contributed by atoms with van der Waals surface area (Å²) >= 11 is 0. The zero-order valence-electron chi connectivity index (χ0n) is 17.7. The fourth-order valence-electron chi connectivity index (χ4n) is 3.88. The van der Waals surface area contributed by atoms with Crippen molar-refractivity contribution >= 4 is 17.5 Å². The average molecular weight is 433 g/mol. The Morgan fingerprint density at radius 3 is 2.84 bits per heavy atom. The van der Waals surface area contributed by atoms with Gasteiger partial charge < -0.3 is 15.4 Å². The van der Waals surface area contributed by atoms with E-state index in [9.17, 15) is 9.18 Å². The lowest BCUT2D eigenvalue weighted by Crippen LogP contribution is -2.28. The summed E-state index contributed by atoms with van der Waals surface area (Å²) in [7, 11) is 1.67. The van der Waals surface area contributed by atoms with E-state index < -0.39 is 11.9 Å². The number of nitrogens with zero attached hydrogens (tertiary/aromatic N) is 6. The SMILES string of the molecule is Cc1cnc2nc3cn2c1-c1cnc(N)c(n1)OC(C)c1cc(F)ccc1C(=O)N(C)C3. The highest BCUT2D eigenvalue weighted by molar-refractivity contribution is 5.95. The van der Waals surface area contributed by atoms with Gasteiger partial charge in [-0.2, -0.15) is 0 Å². The summed E-state index contributed by atoms with van der Waals surface area (Å²) in [6.45, 7) is 3.85. The van der Waals surface area contributed by atoms with Crippen molar-refractivity contribution in [3.63, 3.8) is 0 Å². The van der Waals surface area contributed by atoms with Crippen LogP contribution in [0.2, 0.25) is 0 Å². The van der Waals surface area contributed by atoms with Crippen LogP contribution in [0.5, 0.6) is 5.88 Å². The van der Waals surface area contributed by atoms with Gasteiger partial charge in [-0.25, -0.2) is 24.3 Å². The van der Waals surface area contributed by atoms with Crippen molar-refractivity contribution < 1.29 is 13.9 Å². The molecule has 2 N–H and O–H groups in total. The molecule has 0 saturated heterocycles. The molecule has 10 heteroatoms. The van der Waals surface area contributed by atoms with Crippen LogP contribution < -0.4 is 10.5 Å². The highest BCUT2D eigenvalue weighted by Gasteiger charge is 2.24. The largest absolute Gasteiger partial charge is 0.467 e. The van der Waals surface area contributed by atoms with E-state index in [-0.39, 0.29) is 24.1 Å². The van der Waals surface area contributed by atoms with Gasteiger partial charge in [0.1, 0.15) is 17.6 Å². The lowest BCUT2D eigenvalue weighted by Gasteiger charge is -2.22. The predicted octanol–water partition coefficient (Wildman–Crippen LogP) is 2.94. The number of rotatable bonds is 0. The molecule has 3 aromatic heterocycles. The van der Waals surface area contributed by atoms with Crippen LogP contribution in [0.4, 0.5) is 10.2 Å². The Morgan fingerprint density at radius 1 is 1.22 bits per heavy atom. The summed E-state index contributed by atoms with van der Waals surface area (Å²) in [6, 6.07) is 3.99. The van der Waals surface area contributed by atoms with Crippen LogP contribution in [0.3, 0.4) is 0 Å². The fourth-order valence-corrected chi connectivity index (χ4v) is 3.88. The monoisotopic (exact) mass is 433 g/mol. The molecule has 0 fully saturated rings. The maximum atomic E-state index is 14.1. The number of aryl methyl sites for hydroxylation is 1. The van der Waals surface area contributed by atoms with E-state index in [1.807, 2.05) is 17.5 Å². The lowest BCUT2D eigenvalue weighted by atomic mass is 10.0. The second kappa shape index (κ2) is 7.26. The van der Waals surface area contributed by atoms with Gasteiger partial charge in [0.2, 0.25) is 5.78 Å². The van der Waals surface area contributed by atoms with E-state index in [1.54, 1.807) is 26.4 Å². The minimum Gasteiger partial charge on any atom is -0.467 e. The third-order valence-corrected chi connectivity index (χ3v) is 5.45. The van der Waals surface area contributed by atoms with E-state index in [0.717, 1.165) is 11.3 Å². The van der Waals surface area contributed by atoms with Crippen molar-refractivity contribution in [2.24, 2.45) is 0 Å². The second-order valence-electron chi connectivity index (χ2n) is 7.79. The first-order valence-electron chi connectivity index (χ1n) is 10.00. The number of fused-ring (bicyclic) bond motifs is 5. The van der Waals surface area contributed by atoms with Crippen LogP contribution in [-0.4, -0.2) is 42.2 Å². The number of ether oxygens (including phenoxy) is 1. The summed E-state index contributed by atoms with van der Waals surface area (Å²) in [5.74, 6) is -0.123. The molecule has 0 aliphatic carbocycles. The number of amides is 1. The molecule has 162 valence electrons. The van der Waals surface area contributed by atoms with Crippen molar-refractivity contribution in [1.29, 1.82) is 0 Å². The molecule has 0 saturated carbocycles. The Morgan fingerprint density at radius 2 is 2.03 bits per heavy atom. The van der Waals surface area contributed by atoms with Crippen LogP contribution in [-0.2, 0) is 6.54 Å². The molecule has 1 aromatic carbocycles. The number of nitrogens with two attached hydrogens (primary N) is 1. The fraction of sp³-hybridized carbons (Fsp3) is 0.227. The highest BCUT2D eigenvalue weighted by Crippen LogP contribution is 2.31. The molecule has 4 heterocycles. The summed E-state index contributed by atoms with van der Waals surface area (Å²) in [5.41, 5.74) is 9.49. The van der Waals surface area contributed by atoms with Crippen LogP contribution in [0.15, 0.2) is 36.8 Å². The van der Waals surface area contributed by atoms with Crippen molar-refractivity contribution in [2.75, 3.05) is 12.8 Å². The van der Waals surface area contributed by atoms with E-state index in [1.165, 1.54) is 23.1 Å². The molecule has 1 unspecified atom stereocenters. The van der Waals surface area contributed by atoms with Gasteiger partial charge in [-0.05, 0) is 37.6 Å². The molecule has 4 bridgehead atoms. The molecule has 32 heavy (non-hydrogen) atoms. The average Bonchev–Trinajstić information content (AvgIpc) is 3.16. The first-order chi connectivity index (χ1) is 15.3. The normalized spacial score (nSPS) is 16.1. The third kappa shape index (κ3) is 3.20. The minimum atomic E-state index is -0.709. The number of anilines is 1. The van der Waals surface area contributed by atoms with Gasteiger partial charge in [-0.15, -0.1) is 0 Å². The molecule has 9 nitrogen and oxygen atoms in total. The number of hydrogen-bond donors (Lipinski definition) is 1. The molecular weight excluding hydrogens is 413 g/mol. The summed E-state index contributed by atoms with van der Waals surface area (Å²) in [6.07, 6.45) is 4.36. The molecule has 0 spiro atoms. The molecule has 1 aliphatic heterocycles. The van der Waals surface area contributed by atoms with E-state index in [0.29, 0.717) is 28.3 Å². The maximum Gasteiger partial charge on any atom is 0.258 e. The third-order valence-electron chi connectivity index (χ3n) is 5.45. The van der Waals surface area contributed by atoms with Gasteiger partial charge in [-0.3, -0.25) is 9.20 Å². The molecule has 4 aromatic rings. The second-order valence-corrected chi connectivity index (χ2v) is 7.79. The molecule has 5 rings (SSSR count). The maximum absolute atomic E-state index is 14.1. The first-order valence-corrected chi connectivity index (χ1v) is 10.00. The molecular formula is C22H20FN7O2. The topological polar surface area (TPSA) is 112 Å². The Hall–Kier alpha value is -4.08. The lowest BCUT2D eigenvalue weighted by molar-refractivity contribution is 0.0778. The number of carbonyl (C=O) groups excluding carboxylic acids is 1. The number of halogens is 1. The zero-order chi connectivity index (χ0) is 22.6. The van der Waals surface area contributed by atoms with Gasteiger partial charge in [0.05, 0.1) is 24.1 Å². The van der Waals surface area contributed by atoms with Crippen molar-refractivity contribution in [3.05, 3.63) is 65.0 Å². The minimum absolute atomic E-state index is 0.0864. The Balaban J connectivity index is 1.77. The molecule has 1 atom stereocenters. The van der Waals surface area contributed by atoms with Crippen LogP contribution in [0, 0.1) is 12.7 Å². The first kappa shape index (κ1) is 19.9. The number of nitrogen functional groups attached to an aromatic ring is 1. The smallest absolute Gasteiger partial charge is 0.258 e. The zero-order valence-corrected chi connectivity index (χ0v) is 17.7. The number of hydrogen-bond acceptors (Lipinski definition) is 7. The quantitative estimate of drug-likeness (QED) is 0.454. The summed E-state index contributed by atoms with van der Waals surface area (Å²) < 4.78 is 21.9. The Bertz CT molecular complexity index is 1380. The number of benzene rings is 1. The Kier molecular flexibility index (Phi) is 4.50. The molecule has 1 aliphatic rings. The Labute approximate surface area is 182 Å². The predicted molar refractivity (Wildman–Crippen MR) is 114 cm³/mol. The summed E-state index contributed by atoms with van der Waals surface area (Å²) in [5, 5.41) is 0. The number of aromatic nitrogens is 5. The van der Waals surface area contributed by atoms with E-state index in [4.69, 9.17) is 10.5 Å². The number of imidazole rings is 1. The highest BCUT2D eigenvalue weighted by atomic mass is 19.1. The van der Waals surface area contributed by atoms with Gasteiger partial charge in [0.25, 0.3) is 11.8 Å². The van der Waals surface area contributed by atoms with Crippen molar-refractivity contribution in [2.45, 2.75) is 26.5 Å². The van der Waals surface area contributed by atoms with Crippen LogP contribution >= 0.6 is 0 Å². The van der Waals surface area contributed by atoms with Crippen molar-refractivity contribution in [1.82, 2.24) is 29.2 Å². The van der Waals surface area contributed by atoms with Gasteiger partial charge >= 0.3 is 0 Å². The van der Waals surface area contributed by atoms with Gasteiger partial charge in [-0.1, -0.05) is 0 Å². The van der Waals surface area contributed by atoms with Crippen LogP contribution in [0.25, 0.3) is 17.2 Å². The van der Waals surface area contributed by atoms with E-state index in [2.05, 4.69) is 19.9 Å². The standard InChI is InChI=1S/C22H20FN7O2/c1-11-7-26-22-27-14-9-29(3)21(31)15-5-4-13(23)6-16(15)12(2)32-20-19(24)25-8-17(28-20)18(11)30(22)10-14/h4-8,10,12H,9H2,1-3H3,(H2,24,25). The molecule has 1 amide bonds.